The van der Waals surface area contributed by atoms with Crippen LogP contribution in [0.15, 0.2) is 79.6 Å². The maximum atomic E-state index is 13.1. The fraction of sp³-hybridized carbons (Fsp3) is 0.200. The van der Waals surface area contributed by atoms with E-state index in [1.165, 1.54) is 0 Å². The molecular formula is C25H22N6O. The van der Waals surface area contributed by atoms with Crippen LogP contribution in [0.3, 0.4) is 0 Å². The van der Waals surface area contributed by atoms with Gasteiger partial charge in [-0.15, -0.1) is 0 Å². The van der Waals surface area contributed by atoms with Gasteiger partial charge in [0, 0.05) is 61.8 Å². The van der Waals surface area contributed by atoms with Crippen molar-refractivity contribution in [3.8, 4) is 22.6 Å². The summed E-state index contributed by atoms with van der Waals surface area (Å²) in [5, 5.41) is 0. The summed E-state index contributed by atoms with van der Waals surface area (Å²) in [7, 11) is 0. The molecule has 0 radical (unpaired) electrons. The van der Waals surface area contributed by atoms with Gasteiger partial charge in [0.05, 0.1) is 11.3 Å². The molecule has 5 heterocycles. The predicted molar refractivity (Wildman–Crippen MR) is 121 cm³/mol. The molecule has 7 nitrogen and oxygen atoms in total. The lowest BCUT2D eigenvalue weighted by atomic mass is 9.89. The fourth-order valence-corrected chi connectivity index (χ4v) is 4.14. The Kier molecular flexibility index (Phi) is 5.61. The van der Waals surface area contributed by atoms with Gasteiger partial charge in [0.15, 0.2) is 5.82 Å². The summed E-state index contributed by atoms with van der Waals surface area (Å²) in [6, 6.07) is 13.2. The second-order valence-electron chi connectivity index (χ2n) is 7.78. The number of hydrogen-bond donors (Lipinski definition) is 0. The van der Waals surface area contributed by atoms with Crippen LogP contribution in [0.4, 0.5) is 0 Å². The van der Waals surface area contributed by atoms with Crippen molar-refractivity contribution in [2.45, 2.75) is 18.8 Å². The molecule has 4 aromatic rings. The molecule has 1 unspecified atom stereocenters. The average molecular weight is 422 g/mol. The largest absolute Gasteiger partial charge is 0.338 e. The number of piperidine rings is 1. The van der Waals surface area contributed by atoms with Gasteiger partial charge in [0.1, 0.15) is 5.69 Å². The van der Waals surface area contributed by atoms with Crippen molar-refractivity contribution >= 4 is 5.91 Å². The SMILES string of the molecule is O=C(c1cccnc1)N1CCCC(c2nc(-c3ccccn3)ncc2-c2ccncc2)C1. The Morgan fingerprint density at radius 2 is 1.81 bits per heavy atom. The minimum absolute atomic E-state index is 0.00673. The molecule has 0 N–H and O–H groups in total. The topological polar surface area (TPSA) is 84.8 Å². The van der Waals surface area contributed by atoms with Gasteiger partial charge < -0.3 is 4.90 Å². The Hall–Kier alpha value is -4.00. The van der Waals surface area contributed by atoms with Gasteiger partial charge in [0.2, 0.25) is 0 Å². The number of carbonyl (C=O) groups excluding carboxylic acids is 1. The summed E-state index contributed by atoms with van der Waals surface area (Å²) in [6.07, 6.45) is 12.3. The second-order valence-corrected chi connectivity index (χ2v) is 7.78. The molecule has 0 aromatic carbocycles. The molecule has 158 valence electrons. The maximum absolute atomic E-state index is 13.1. The summed E-state index contributed by atoms with van der Waals surface area (Å²) in [4.78, 5) is 37.2. The molecule has 1 aliphatic heterocycles. The first-order valence-electron chi connectivity index (χ1n) is 10.7. The molecule has 1 saturated heterocycles. The molecule has 7 heteroatoms. The van der Waals surface area contributed by atoms with Crippen LogP contribution in [0, 0.1) is 0 Å². The Morgan fingerprint density at radius 1 is 0.906 bits per heavy atom. The smallest absolute Gasteiger partial charge is 0.255 e. The molecular weight excluding hydrogens is 400 g/mol. The van der Waals surface area contributed by atoms with Crippen LogP contribution in [0.25, 0.3) is 22.6 Å². The molecule has 0 saturated carbocycles. The third-order valence-corrected chi connectivity index (χ3v) is 5.71. The molecule has 1 amide bonds. The van der Waals surface area contributed by atoms with Crippen molar-refractivity contribution in [3.05, 3.63) is 90.9 Å². The monoisotopic (exact) mass is 422 g/mol. The van der Waals surface area contributed by atoms with Gasteiger partial charge in [-0.3, -0.25) is 19.7 Å². The van der Waals surface area contributed by atoms with Crippen molar-refractivity contribution in [3.63, 3.8) is 0 Å². The first kappa shape index (κ1) is 19.9. The zero-order chi connectivity index (χ0) is 21.8. The van der Waals surface area contributed by atoms with Gasteiger partial charge in [-0.2, -0.15) is 0 Å². The Morgan fingerprint density at radius 3 is 2.59 bits per heavy atom. The maximum Gasteiger partial charge on any atom is 0.255 e. The van der Waals surface area contributed by atoms with Crippen molar-refractivity contribution in [2.75, 3.05) is 13.1 Å². The standard InChI is InChI=1S/C25H22N6O/c32-25(19-5-3-10-27-15-19)31-14-4-6-20(17-31)23-21(18-8-12-26-13-9-18)16-29-24(30-23)22-7-1-2-11-28-22/h1-3,5,7-13,15-16,20H,4,6,14,17H2. The van der Waals surface area contributed by atoms with Crippen LogP contribution in [0.5, 0.6) is 0 Å². The van der Waals surface area contributed by atoms with Crippen molar-refractivity contribution in [1.29, 1.82) is 0 Å². The number of nitrogens with zero attached hydrogens (tertiary/aromatic N) is 6. The highest BCUT2D eigenvalue weighted by atomic mass is 16.2. The van der Waals surface area contributed by atoms with Gasteiger partial charge >= 0.3 is 0 Å². The third-order valence-electron chi connectivity index (χ3n) is 5.71. The van der Waals surface area contributed by atoms with E-state index >= 15 is 0 Å². The highest BCUT2D eigenvalue weighted by molar-refractivity contribution is 5.94. The number of likely N-dealkylation sites (tertiary alicyclic amines) is 1. The van der Waals surface area contributed by atoms with Gasteiger partial charge in [0.25, 0.3) is 5.91 Å². The molecule has 1 aliphatic rings. The number of amides is 1. The number of rotatable bonds is 4. The van der Waals surface area contributed by atoms with Crippen molar-refractivity contribution in [1.82, 2.24) is 29.8 Å². The van der Waals surface area contributed by atoms with E-state index in [1.807, 2.05) is 47.5 Å². The van der Waals surface area contributed by atoms with E-state index in [2.05, 4.69) is 19.9 Å². The zero-order valence-electron chi connectivity index (χ0n) is 17.5. The summed E-state index contributed by atoms with van der Waals surface area (Å²) in [6.45, 7) is 1.33. The van der Waals surface area contributed by atoms with Gasteiger partial charge in [-0.25, -0.2) is 9.97 Å². The first-order chi connectivity index (χ1) is 15.8. The predicted octanol–water partition coefficient (Wildman–Crippen LogP) is 4.02. The van der Waals surface area contributed by atoms with Gasteiger partial charge in [-0.05, 0) is 54.8 Å². The lowest BCUT2D eigenvalue weighted by Gasteiger charge is -2.33. The van der Waals surface area contributed by atoms with E-state index in [-0.39, 0.29) is 11.8 Å². The lowest BCUT2D eigenvalue weighted by Crippen LogP contribution is -2.39. The number of aromatic nitrogens is 5. The molecule has 0 spiro atoms. The molecule has 0 bridgehead atoms. The summed E-state index contributed by atoms with van der Waals surface area (Å²) < 4.78 is 0. The van der Waals surface area contributed by atoms with E-state index in [9.17, 15) is 4.79 Å². The summed E-state index contributed by atoms with van der Waals surface area (Å²) in [5.74, 6) is 0.694. The molecule has 32 heavy (non-hydrogen) atoms. The first-order valence-corrected chi connectivity index (χ1v) is 10.7. The number of carbonyl (C=O) groups is 1. The zero-order valence-corrected chi connectivity index (χ0v) is 17.5. The van der Waals surface area contributed by atoms with Crippen LogP contribution >= 0.6 is 0 Å². The van der Waals surface area contributed by atoms with E-state index in [4.69, 9.17) is 4.98 Å². The molecule has 5 rings (SSSR count). The van der Waals surface area contributed by atoms with Crippen molar-refractivity contribution < 1.29 is 4.79 Å². The van der Waals surface area contributed by atoms with Gasteiger partial charge in [-0.1, -0.05) is 6.07 Å². The van der Waals surface area contributed by atoms with Crippen LogP contribution in [0.2, 0.25) is 0 Å². The summed E-state index contributed by atoms with van der Waals surface area (Å²) >= 11 is 0. The summed E-state index contributed by atoms with van der Waals surface area (Å²) in [5.41, 5.74) is 4.26. The fourth-order valence-electron chi connectivity index (χ4n) is 4.14. The second kappa shape index (κ2) is 9.01. The van der Waals surface area contributed by atoms with E-state index in [0.29, 0.717) is 17.9 Å². The minimum atomic E-state index is 0.00673. The molecule has 0 aliphatic carbocycles. The molecule has 1 fully saturated rings. The molecule has 4 aromatic heterocycles. The normalized spacial score (nSPS) is 16.0. The Bertz CT molecular complexity index is 1200. The minimum Gasteiger partial charge on any atom is -0.338 e. The van der Waals surface area contributed by atoms with E-state index in [1.54, 1.807) is 37.1 Å². The van der Waals surface area contributed by atoms with Crippen LogP contribution < -0.4 is 0 Å². The Balaban J connectivity index is 1.52. The number of pyridine rings is 3. The highest BCUT2D eigenvalue weighted by Gasteiger charge is 2.29. The van der Waals surface area contributed by atoms with Crippen molar-refractivity contribution in [2.24, 2.45) is 0 Å². The van der Waals surface area contributed by atoms with Crippen LogP contribution in [-0.2, 0) is 0 Å². The lowest BCUT2D eigenvalue weighted by molar-refractivity contribution is 0.0705. The molecule has 1 atom stereocenters. The number of hydrogen-bond acceptors (Lipinski definition) is 6. The van der Waals surface area contributed by atoms with E-state index in [0.717, 1.165) is 41.9 Å². The van der Waals surface area contributed by atoms with Crippen LogP contribution in [0.1, 0.15) is 34.8 Å². The quantitative estimate of drug-likeness (QED) is 0.494. The third kappa shape index (κ3) is 4.09. The highest BCUT2D eigenvalue weighted by Crippen LogP contribution is 2.34. The van der Waals surface area contributed by atoms with Crippen LogP contribution in [-0.4, -0.2) is 48.8 Å². The van der Waals surface area contributed by atoms with E-state index < -0.39 is 0 Å². The average Bonchev–Trinajstić information content (AvgIpc) is 2.89. The Labute approximate surface area is 186 Å².